The number of rotatable bonds is 5. The summed E-state index contributed by atoms with van der Waals surface area (Å²) >= 11 is 0. The molecule has 4 unspecified atom stereocenters. The fourth-order valence-electron chi connectivity index (χ4n) is 3.97. The molecule has 2 rings (SSSR count). The first-order chi connectivity index (χ1) is 9.12. The molecule has 2 fully saturated rings. The van der Waals surface area contributed by atoms with Crippen molar-refractivity contribution in [2.24, 2.45) is 29.6 Å². The van der Waals surface area contributed by atoms with Crippen LogP contribution in [-0.2, 0) is 0 Å². The fraction of sp³-hybridized carbons (Fsp3) is 1.00. The fourth-order valence-corrected chi connectivity index (χ4v) is 3.97. The van der Waals surface area contributed by atoms with Crippen molar-refractivity contribution in [1.29, 1.82) is 0 Å². The quantitative estimate of drug-likeness (QED) is 0.772. The summed E-state index contributed by atoms with van der Waals surface area (Å²) in [7, 11) is 0. The Hall–Kier alpha value is -0.250. The van der Waals surface area contributed by atoms with Gasteiger partial charge in [-0.1, -0.05) is 20.8 Å². The van der Waals surface area contributed by atoms with Crippen LogP contribution in [0.2, 0.25) is 0 Å². The van der Waals surface area contributed by atoms with Crippen molar-refractivity contribution in [2.45, 2.75) is 71.1 Å². The van der Waals surface area contributed by atoms with Crippen molar-refractivity contribution in [1.82, 2.24) is 0 Å². The van der Waals surface area contributed by atoms with Crippen LogP contribution in [0.5, 0.6) is 0 Å². The molecule has 0 aromatic rings. The van der Waals surface area contributed by atoms with E-state index >= 15 is 0 Å². The van der Waals surface area contributed by atoms with E-state index in [9.17, 15) is 18.3 Å². The van der Waals surface area contributed by atoms with E-state index in [4.69, 9.17) is 0 Å². The Kier molecular flexibility index (Phi) is 4.44. The minimum atomic E-state index is -4.47. The van der Waals surface area contributed by atoms with Crippen LogP contribution in [-0.4, -0.2) is 16.9 Å². The molecular formula is C16H27F3O. The molecule has 1 nitrogen and oxygen atoms in total. The lowest BCUT2D eigenvalue weighted by Crippen LogP contribution is -2.42. The third-order valence-electron chi connectivity index (χ3n) is 5.38. The lowest BCUT2D eigenvalue weighted by Gasteiger charge is -2.27. The Balaban J connectivity index is 1.80. The molecule has 2 saturated carbocycles. The maximum atomic E-state index is 12.8. The molecule has 20 heavy (non-hydrogen) atoms. The third-order valence-corrected chi connectivity index (χ3v) is 5.38. The van der Waals surface area contributed by atoms with E-state index in [0.29, 0.717) is 24.2 Å². The third kappa shape index (κ3) is 3.49. The molecule has 5 atom stereocenters. The van der Waals surface area contributed by atoms with Gasteiger partial charge in [0.2, 0.25) is 0 Å². The van der Waals surface area contributed by atoms with Crippen molar-refractivity contribution >= 4 is 0 Å². The monoisotopic (exact) mass is 292 g/mol. The van der Waals surface area contributed by atoms with Crippen molar-refractivity contribution in [3.63, 3.8) is 0 Å². The summed E-state index contributed by atoms with van der Waals surface area (Å²) in [5, 5.41) is 9.74. The Morgan fingerprint density at radius 1 is 1.15 bits per heavy atom. The van der Waals surface area contributed by atoms with Gasteiger partial charge < -0.3 is 5.11 Å². The zero-order valence-corrected chi connectivity index (χ0v) is 12.7. The lowest BCUT2D eigenvalue weighted by molar-refractivity contribution is -0.258. The maximum absolute atomic E-state index is 12.8. The van der Waals surface area contributed by atoms with E-state index < -0.39 is 11.8 Å². The van der Waals surface area contributed by atoms with Crippen LogP contribution < -0.4 is 0 Å². The van der Waals surface area contributed by atoms with Gasteiger partial charge in [-0.3, -0.25) is 0 Å². The van der Waals surface area contributed by atoms with Gasteiger partial charge in [0.25, 0.3) is 0 Å². The SMILES string of the molecule is CC(C)CC1CC1C[C@@H](C)C1CCC(O)(C(F)(F)F)C1. The topological polar surface area (TPSA) is 20.2 Å². The highest BCUT2D eigenvalue weighted by Gasteiger charge is 2.57. The molecule has 0 aromatic heterocycles. The van der Waals surface area contributed by atoms with Crippen molar-refractivity contribution in [3.8, 4) is 0 Å². The van der Waals surface area contributed by atoms with E-state index in [-0.39, 0.29) is 18.8 Å². The molecule has 4 heteroatoms. The van der Waals surface area contributed by atoms with Crippen molar-refractivity contribution < 1.29 is 18.3 Å². The summed E-state index contributed by atoms with van der Waals surface area (Å²) in [6, 6.07) is 0. The average molecular weight is 292 g/mol. The van der Waals surface area contributed by atoms with Crippen LogP contribution in [0.15, 0.2) is 0 Å². The second kappa shape index (κ2) is 5.51. The highest BCUT2D eigenvalue weighted by molar-refractivity contribution is 4.97. The second-order valence-corrected chi connectivity index (χ2v) is 7.63. The zero-order chi connectivity index (χ0) is 15.1. The standard InChI is InChI=1S/C16H27F3O/c1-10(2)6-13-8-14(13)7-11(3)12-4-5-15(20,9-12)16(17,18)19/h10-14,20H,4-9H2,1-3H3/t11-,12?,13?,14?,15?/m1/s1. The van der Waals surface area contributed by atoms with E-state index in [0.717, 1.165) is 12.3 Å². The first-order valence-electron chi connectivity index (χ1n) is 7.91. The van der Waals surface area contributed by atoms with Gasteiger partial charge in [-0.15, -0.1) is 0 Å². The number of alkyl halides is 3. The van der Waals surface area contributed by atoms with Crippen LogP contribution in [0.1, 0.15) is 59.3 Å². The molecule has 2 aliphatic carbocycles. The summed E-state index contributed by atoms with van der Waals surface area (Å²) in [6.45, 7) is 6.51. The molecule has 118 valence electrons. The first-order valence-corrected chi connectivity index (χ1v) is 7.91. The van der Waals surface area contributed by atoms with Gasteiger partial charge >= 0.3 is 6.18 Å². The summed E-state index contributed by atoms with van der Waals surface area (Å²) in [4.78, 5) is 0. The number of hydrogen-bond donors (Lipinski definition) is 1. The van der Waals surface area contributed by atoms with Gasteiger partial charge in [0.05, 0.1) is 0 Å². The van der Waals surface area contributed by atoms with Gasteiger partial charge in [-0.25, -0.2) is 0 Å². The molecule has 0 saturated heterocycles. The highest BCUT2D eigenvalue weighted by atomic mass is 19.4. The molecule has 0 amide bonds. The molecule has 0 heterocycles. The maximum Gasteiger partial charge on any atom is 0.417 e. The van der Waals surface area contributed by atoms with Crippen LogP contribution >= 0.6 is 0 Å². The Labute approximate surface area is 119 Å². The molecule has 0 spiro atoms. The number of aliphatic hydroxyl groups is 1. The Morgan fingerprint density at radius 3 is 2.25 bits per heavy atom. The van der Waals surface area contributed by atoms with Crippen LogP contribution in [0.3, 0.4) is 0 Å². The second-order valence-electron chi connectivity index (χ2n) is 7.63. The summed E-state index contributed by atoms with van der Waals surface area (Å²) in [5.74, 6) is 2.55. The molecular weight excluding hydrogens is 265 g/mol. The largest absolute Gasteiger partial charge is 0.417 e. The predicted octanol–water partition coefficient (Wildman–Crippen LogP) is 4.79. The Morgan fingerprint density at radius 2 is 1.75 bits per heavy atom. The van der Waals surface area contributed by atoms with E-state index in [1.54, 1.807) is 0 Å². The van der Waals surface area contributed by atoms with Crippen LogP contribution in [0, 0.1) is 29.6 Å². The molecule has 0 aliphatic heterocycles. The molecule has 0 radical (unpaired) electrons. The smallest absolute Gasteiger partial charge is 0.380 e. The number of halogens is 3. The van der Waals surface area contributed by atoms with E-state index in [1.165, 1.54) is 12.8 Å². The van der Waals surface area contributed by atoms with Crippen LogP contribution in [0.25, 0.3) is 0 Å². The number of hydrogen-bond acceptors (Lipinski definition) is 1. The molecule has 0 aromatic carbocycles. The minimum Gasteiger partial charge on any atom is -0.380 e. The minimum absolute atomic E-state index is 0.0296. The van der Waals surface area contributed by atoms with Gasteiger partial charge in [-0.2, -0.15) is 13.2 Å². The van der Waals surface area contributed by atoms with Gasteiger partial charge in [0.1, 0.15) is 0 Å². The Bertz CT molecular complexity index is 339. The van der Waals surface area contributed by atoms with Crippen molar-refractivity contribution in [2.75, 3.05) is 0 Å². The summed E-state index contributed by atoms with van der Waals surface area (Å²) < 4.78 is 38.4. The van der Waals surface area contributed by atoms with Gasteiger partial charge in [0.15, 0.2) is 5.60 Å². The lowest BCUT2D eigenvalue weighted by atomic mass is 9.86. The van der Waals surface area contributed by atoms with E-state index in [2.05, 4.69) is 20.8 Å². The van der Waals surface area contributed by atoms with Gasteiger partial charge in [0, 0.05) is 0 Å². The molecule has 0 bridgehead atoms. The van der Waals surface area contributed by atoms with Crippen LogP contribution in [0.4, 0.5) is 13.2 Å². The molecule has 2 aliphatic rings. The summed E-state index contributed by atoms with van der Waals surface area (Å²) in [6.07, 6.45) is -0.645. The van der Waals surface area contributed by atoms with Crippen molar-refractivity contribution in [3.05, 3.63) is 0 Å². The normalized spacial score (nSPS) is 39.3. The molecule has 1 N–H and O–H groups in total. The summed E-state index contributed by atoms with van der Waals surface area (Å²) in [5.41, 5.74) is -2.42. The van der Waals surface area contributed by atoms with E-state index in [1.807, 2.05) is 0 Å². The highest BCUT2D eigenvalue weighted by Crippen LogP contribution is 2.52. The van der Waals surface area contributed by atoms with Gasteiger partial charge in [-0.05, 0) is 68.1 Å². The predicted molar refractivity (Wildman–Crippen MR) is 73.2 cm³/mol. The zero-order valence-electron chi connectivity index (χ0n) is 12.7. The average Bonchev–Trinajstić information content (AvgIpc) is 2.85. The first kappa shape index (κ1) is 16.1.